The van der Waals surface area contributed by atoms with Crippen molar-refractivity contribution < 1.29 is 9.90 Å². The van der Waals surface area contributed by atoms with Gasteiger partial charge in [0.1, 0.15) is 0 Å². The zero-order valence-corrected chi connectivity index (χ0v) is 16.8. The van der Waals surface area contributed by atoms with E-state index in [0.717, 1.165) is 22.5 Å². The predicted molar refractivity (Wildman–Crippen MR) is 113 cm³/mol. The van der Waals surface area contributed by atoms with E-state index >= 15 is 0 Å². The van der Waals surface area contributed by atoms with E-state index in [-0.39, 0.29) is 18.4 Å². The minimum atomic E-state index is -0.623. The number of rotatable bonds is 7. The highest BCUT2D eigenvalue weighted by molar-refractivity contribution is 6.00. The Kier molecular flexibility index (Phi) is 6.51. The van der Waals surface area contributed by atoms with Crippen molar-refractivity contribution in [3.63, 3.8) is 0 Å². The maximum atomic E-state index is 12.5. The highest BCUT2D eigenvalue weighted by Crippen LogP contribution is 2.31. The van der Waals surface area contributed by atoms with Gasteiger partial charge in [0.2, 0.25) is 0 Å². The van der Waals surface area contributed by atoms with Gasteiger partial charge in [0.25, 0.3) is 5.91 Å². The number of hydrogen-bond donors (Lipinski definition) is 3. The van der Waals surface area contributed by atoms with E-state index < -0.39 is 6.10 Å². The number of pyridine rings is 3. The highest BCUT2D eigenvalue weighted by Gasteiger charge is 2.15. The second-order valence-corrected chi connectivity index (χ2v) is 7.15. The molecule has 0 aliphatic heterocycles. The quantitative estimate of drug-likeness (QED) is 0.570. The molecule has 29 heavy (non-hydrogen) atoms. The van der Waals surface area contributed by atoms with Crippen molar-refractivity contribution in [2.24, 2.45) is 0 Å². The lowest BCUT2D eigenvalue weighted by Gasteiger charge is -2.18. The Bertz CT molecular complexity index is 974. The van der Waals surface area contributed by atoms with Gasteiger partial charge in [-0.25, -0.2) is 0 Å². The van der Waals surface area contributed by atoms with E-state index in [1.165, 1.54) is 6.20 Å². The maximum absolute atomic E-state index is 12.5. The Morgan fingerprint density at radius 2 is 1.76 bits per heavy atom. The zero-order chi connectivity index (χ0) is 20.8. The summed E-state index contributed by atoms with van der Waals surface area (Å²) >= 11 is 0. The average Bonchev–Trinajstić information content (AvgIpc) is 2.73. The number of aromatic nitrogens is 3. The van der Waals surface area contributed by atoms with Crippen LogP contribution in [0.1, 0.15) is 42.6 Å². The van der Waals surface area contributed by atoms with Crippen molar-refractivity contribution >= 4 is 17.3 Å². The van der Waals surface area contributed by atoms with Gasteiger partial charge in [-0.15, -0.1) is 0 Å². The second-order valence-electron chi connectivity index (χ2n) is 7.15. The van der Waals surface area contributed by atoms with Crippen molar-refractivity contribution in [1.82, 2.24) is 20.3 Å². The molecule has 7 nitrogen and oxygen atoms in total. The fraction of sp³-hybridized carbons (Fsp3) is 0.273. The van der Waals surface area contributed by atoms with E-state index in [1.54, 1.807) is 31.6 Å². The fourth-order valence-corrected chi connectivity index (χ4v) is 2.88. The first-order chi connectivity index (χ1) is 14.0. The molecule has 0 fully saturated rings. The van der Waals surface area contributed by atoms with Crippen LogP contribution >= 0.6 is 0 Å². The van der Waals surface area contributed by atoms with Crippen LogP contribution in [0.15, 0.2) is 55.2 Å². The molecule has 150 valence electrons. The summed E-state index contributed by atoms with van der Waals surface area (Å²) in [5, 5.41) is 15.5. The topological polar surface area (TPSA) is 100 Å². The lowest BCUT2D eigenvalue weighted by Crippen LogP contribution is -2.31. The molecule has 1 atom stereocenters. The molecule has 3 heterocycles. The smallest absolute Gasteiger partial charge is 0.255 e. The van der Waals surface area contributed by atoms with Gasteiger partial charge in [0, 0.05) is 48.8 Å². The third kappa shape index (κ3) is 5.14. The summed E-state index contributed by atoms with van der Waals surface area (Å²) in [6.07, 6.45) is 7.84. The third-order valence-electron chi connectivity index (χ3n) is 4.43. The summed E-state index contributed by atoms with van der Waals surface area (Å²) in [4.78, 5) is 25.3. The molecule has 1 amide bonds. The summed E-state index contributed by atoms with van der Waals surface area (Å²) in [6, 6.07) is 7.54. The second kappa shape index (κ2) is 9.25. The maximum Gasteiger partial charge on any atom is 0.255 e. The Hall–Kier alpha value is -3.32. The number of nitrogens with one attached hydrogen (secondary N) is 2. The summed E-state index contributed by atoms with van der Waals surface area (Å²) in [7, 11) is 0. The molecule has 0 saturated carbocycles. The van der Waals surface area contributed by atoms with Crippen LogP contribution in [-0.4, -0.2) is 38.6 Å². The molecule has 1 unspecified atom stereocenters. The summed E-state index contributed by atoms with van der Waals surface area (Å²) in [6.45, 7) is 5.98. The van der Waals surface area contributed by atoms with Crippen LogP contribution < -0.4 is 10.6 Å². The monoisotopic (exact) mass is 391 g/mol. The Labute approximate surface area is 170 Å². The standard InChI is InChI=1S/C22H25N5O2/c1-14(2)17-13-25-20(16-4-7-23-8-5-16)10-21(17)27-19-6-9-24-12-18(19)22(29)26-11-15(3)28/h4-10,12-15,28H,11H2,1-3H3,(H,26,29)(H,24,25,27). The first-order valence-corrected chi connectivity index (χ1v) is 9.53. The molecule has 3 aromatic heterocycles. The molecule has 3 rings (SSSR count). The van der Waals surface area contributed by atoms with Gasteiger partial charge in [0.15, 0.2) is 0 Å². The fourth-order valence-electron chi connectivity index (χ4n) is 2.88. The zero-order valence-electron chi connectivity index (χ0n) is 16.8. The van der Waals surface area contributed by atoms with E-state index in [2.05, 4.69) is 39.4 Å². The molecular formula is C22H25N5O2. The molecule has 3 N–H and O–H groups in total. The Morgan fingerprint density at radius 3 is 2.45 bits per heavy atom. The van der Waals surface area contributed by atoms with E-state index in [1.807, 2.05) is 24.4 Å². The summed E-state index contributed by atoms with van der Waals surface area (Å²) in [5.74, 6) is -0.0538. The molecule has 0 aromatic carbocycles. The van der Waals surface area contributed by atoms with Gasteiger partial charge in [-0.05, 0) is 42.7 Å². The summed E-state index contributed by atoms with van der Waals surface area (Å²) < 4.78 is 0. The lowest BCUT2D eigenvalue weighted by molar-refractivity contribution is 0.0924. The van der Waals surface area contributed by atoms with Crippen LogP contribution in [0, 0.1) is 0 Å². The number of aliphatic hydroxyl groups excluding tert-OH is 1. The van der Waals surface area contributed by atoms with E-state index in [0.29, 0.717) is 11.3 Å². The number of carbonyl (C=O) groups is 1. The number of aliphatic hydroxyl groups is 1. The number of hydrogen-bond acceptors (Lipinski definition) is 6. The molecule has 0 spiro atoms. The first-order valence-electron chi connectivity index (χ1n) is 9.53. The van der Waals surface area contributed by atoms with Crippen LogP contribution in [0.5, 0.6) is 0 Å². The summed E-state index contributed by atoms with van der Waals surface area (Å²) in [5.41, 5.74) is 4.73. The SMILES string of the molecule is CC(O)CNC(=O)c1cnccc1Nc1cc(-c2ccncc2)ncc1C(C)C. The normalized spacial score (nSPS) is 11.9. The van der Waals surface area contributed by atoms with Gasteiger partial charge >= 0.3 is 0 Å². The predicted octanol–water partition coefficient (Wildman–Crippen LogP) is 3.52. The Balaban J connectivity index is 1.96. The minimum absolute atomic E-state index is 0.172. The molecule has 7 heteroatoms. The third-order valence-corrected chi connectivity index (χ3v) is 4.43. The van der Waals surface area contributed by atoms with Crippen molar-refractivity contribution in [2.75, 3.05) is 11.9 Å². The number of anilines is 2. The van der Waals surface area contributed by atoms with Crippen molar-refractivity contribution in [1.29, 1.82) is 0 Å². The van der Waals surface area contributed by atoms with Crippen molar-refractivity contribution in [3.05, 3.63) is 66.4 Å². The van der Waals surface area contributed by atoms with E-state index in [9.17, 15) is 9.90 Å². The number of carbonyl (C=O) groups excluding carboxylic acids is 1. The minimum Gasteiger partial charge on any atom is -0.392 e. The first kappa shape index (κ1) is 20.4. The van der Waals surface area contributed by atoms with Gasteiger partial charge in [-0.1, -0.05) is 13.8 Å². The lowest BCUT2D eigenvalue weighted by atomic mass is 10.0. The Morgan fingerprint density at radius 1 is 1.03 bits per heavy atom. The molecule has 0 saturated heterocycles. The molecule has 0 aliphatic carbocycles. The molecule has 0 radical (unpaired) electrons. The number of amides is 1. The van der Waals surface area contributed by atoms with Gasteiger partial charge in [-0.3, -0.25) is 19.7 Å². The number of nitrogens with zero attached hydrogens (tertiary/aromatic N) is 3. The molecule has 0 bridgehead atoms. The molecular weight excluding hydrogens is 366 g/mol. The largest absolute Gasteiger partial charge is 0.392 e. The van der Waals surface area contributed by atoms with Gasteiger partial charge in [0.05, 0.1) is 23.0 Å². The van der Waals surface area contributed by atoms with Crippen LogP contribution in [0.3, 0.4) is 0 Å². The van der Waals surface area contributed by atoms with Crippen LogP contribution in [0.25, 0.3) is 11.3 Å². The highest BCUT2D eigenvalue weighted by atomic mass is 16.3. The van der Waals surface area contributed by atoms with Crippen LogP contribution in [0.4, 0.5) is 11.4 Å². The molecule has 3 aromatic rings. The van der Waals surface area contributed by atoms with Crippen LogP contribution in [0.2, 0.25) is 0 Å². The van der Waals surface area contributed by atoms with E-state index in [4.69, 9.17) is 0 Å². The van der Waals surface area contributed by atoms with Crippen molar-refractivity contribution in [3.8, 4) is 11.3 Å². The van der Waals surface area contributed by atoms with Crippen LogP contribution in [-0.2, 0) is 0 Å². The average molecular weight is 391 g/mol. The van der Waals surface area contributed by atoms with Gasteiger partial charge in [-0.2, -0.15) is 0 Å². The van der Waals surface area contributed by atoms with Crippen molar-refractivity contribution in [2.45, 2.75) is 32.8 Å². The molecule has 0 aliphatic rings. The van der Waals surface area contributed by atoms with Gasteiger partial charge < -0.3 is 15.7 Å².